The molecule has 0 unspecified atom stereocenters. The smallest absolute Gasteiger partial charge is 0.254 e. The first kappa shape index (κ1) is 21.3. The molecule has 1 amide bonds. The van der Waals surface area contributed by atoms with Gasteiger partial charge in [-0.25, -0.2) is 0 Å². The molecule has 2 N–H and O–H groups in total. The SMILES string of the molecule is CC(C)Sc1ccccc1C(=O)N1CCC(OCCCN)CC1.Cl. The normalized spacial score (nSPS) is 15.4. The van der Waals surface area contributed by atoms with Gasteiger partial charge in [-0.2, -0.15) is 0 Å². The Labute approximate surface area is 155 Å². The zero-order valence-electron chi connectivity index (χ0n) is 14.6. The number of carbonyl (C=O) groups is 1. The van der Waals surface area contributed by atoms with E-state index in [0.29, 0.717) is 11.8 Å². The van der Waals surface area contributed by atoms with Crippen LogP contribution in [0.1, 0.15) is 43.5 Å². The fourth-order valence-electron chi connectivity index (χ4n) is 2.73. The lowest BCUT2D eigenvalue weighted by atomic mass is 10.1. The molecular weight excluding hydrogens is 344 g/mol. The highest BCUT2D eigenvalue weighted by Crippen LogP contribution is 2.28. The molecule has 0 spiro atoms. The number of hydrogen-bond donors (Lipinski definition) is 1. The Bertz CT molecular complexity index is 506. The first-order chi connectivity index (χ1) is 11.1. The third-order valence-corrected chi connectivity index (χ3v) is 4.99. The quantitative estimate of drug-likeness (QED) is 0.587. The molecule has 0 radical (unpaired) electrons. The monoisotopic (exact) mass is 372 g/mol. The van der Waals surface area contributed by atoms with Crippen LogP contribution in [-0.2, 0) is 4.74 Å². The molecule has 1 aromatic rings. The van der Waals surface area contributed by atoms with Gasteiger partial charge in [0.2, 0.25) is 0 Å². The lowest BCUT2D eigenvalue weighted by Gasteiger charge is -2.32. The zero-order chi connectivity index (χ0) is 16.7. The number of rotatable bonds is 7. The lowest BCUT2D eigenvalue weighted by Crippen LogP contribution is -2.41. The van der Waals surface area contributed by atoms with E-state index in [4.69, 9.17) is 10.5 Å². The van der Waals surface area contributed by atoms with Crippen molar-refractivity contribution in [3.63, 3.8) is 0 Å². The van der Waals surface area contributed by atoms with Gasteiger partial charge in [-0.05, 0) is 37.9 Å². The molecule has 1 aromatic carbocycles. The Balaban J connectivity index is 0.00000288. The summed E-state index contributed by atoms with van der Waals surface area (Å²) in [5.74, 6) is 0.147. The number of nitrogens with zero attached hydrogens (tertiary/aromatic N) is 1. The maximum absolute atomic E-state index is 12.8. The molecule has 136 valence electrons. The van der Waals surface area contributed by atoms with Crippen molar-refractivity contribution in [1.29, 1.82) is 0 Å². The van der Waals surface area contributed by atoms with Gasteiger partial charge in [0.05, 0.1) is 11.7 Å². The third-order valence-electron chi connectivity index (χ3n) is 3.91. The summed E-state index contributed by atoms with van der Waals surface area (Å²) in [4.78, 5) is 15.9. The van der Waals surface area contributed by atoms with Crippen molar-refractivity contribution >= 4 is 30.1 Å². The number of halogens is 1. The average molecular weight is 373 g/mol. The van der Waals surface area contributed by atoms with Crippen molar-refractivity contribution in [2.75, 3.05) is 26.2 Å². The van der Waals surface area contributed by atoms with Gasteiger partial charge in [0.1, 0.15) is 0 Å². The zero-order valence-corrected chi connectivity index (χ0v) is 16.2. The van der Waals surface area contributed by atoms with Crippen LogP contribution in [0.25, 0.3) is 0 Å². The van der Waals surface area contributed by atoms with Crippen molar-refractivity contribution in [2.45, 2.75) is 49.4 Å². The van der Waals surface area contributed by atoms with Crippen molar-refractivity contribution in [2.24, 2.45) is 5.73 Å². The predicted octanol–water partition coefficient (Wildman–Crippen LogP) is 3.58. The summed E-state index contributed by atoms with van der Waals surface area (Å²) in [5, 5.41) is 0.464. The minimum Gasteiger partial charge on any atom is -0.378 e. The Kier molecular flexibility index (Phi) is 9.74. The van der Waals surface area contributed by atoms with Crippen LogP contribution in [0.3, 0.4) is 0 Å². The van der Waals surface area contributed by atoms with E-state index in [1.54, 1.807) is 11.8 Å². The molecule has 24 heavy (non-hydrogen) atoms. The largest absolute Gasteiger partial charge is 0.378 e. The van der Waals surface area contributed by atoms with Crippen LogP contribution in [0.4, 0.5) is 0 Å². The molecule has 1 saturated heterocycles. The van der Waals surface area contributed by atoms with Gasteiger partial charge in [0, 0.05) is 29.8 Å². The second-order valence-corrected chi connectivity index (χ2v) is 7.79. The number of piperidine rings is 1. The molecule has 1 aliphatic rings. The van der Waals surface area contributed by atoms with Gasteiger partial charge in [-0.1, -0.05) is 26.0 Å². The van der Waals surface area contributed by atoms with E-state index < -0.39 is 0 Å². The molecule has 0 aromatic heterocycles. The lowest BCUT2D eigenvalue weighted by molar-refractivity contribution is 0.00835. The summed E-state index contributed by atoms with van der Waals surface area (Å²) in [6.45, 7) is 7.23. The van der Waals surface area contributed by atoms with Gasteiger partial charge in [0.25, 0.3) is 5.91 Å². The summed E-state index contributed by atoms with van der Waals surface area (Å²) >= 11 is 1.75. The first-order valence-corrected chi connectivity index (χ1v) is 9.36. The summed E-state index contributed by atoms with van der Waals surface area (Å²) in [6, 6.07) is 7.93. The van der Waals surface area contributed by atoms with Gasteiger partial charge < -0.3 is 15.4 Å². The van der Waals surface area contributed by atoms with Crippen LogP contribution in [0, 0.1) is 0 Å². The van der Waals surface area contributed by atoms with Crippen LogP contribution < -0.4 is 5.73 Å². The van der Waals surface area contributed by atoms with Gasteiger partial charge >= 0.3 is 0 Å². The number of carbonyl (C=O) groups excluding carboxylic acids is 1. The van der Waals surface area contributed by atoms with Gasteiger partial charge in [-0.3, -0.25) is 4.79 Å². The summed E-state index contributed by atoms with van der Waals surface area (Å²) in [5.41, 5.74) is 6.31. The third kappa shape index (κ3) is 6.28. The minimum atomic E-state index is 0. The van der Waals surface area contributed by atoms with Crippen LogP contribution in [0.2, 0.25) is 0 Å². The van der Waals surface area contributed by atoms with E-state index >= 15 is 0 Å². The van der Waals surface area contributed by atoms with Crippen molar-refractivity contribution < 1.29 is 9.53 Å². The van der Waals surface area contributed by atoms with Crippen molar-refractivity contribution in [1.82, 2.24) is 4.90 Å². The van der Waals surface area contributed by atoms with Crippen LogP contribution in [0.15, 0.2) is 29.2 Å². The van der Waals surface area contributed by atoms with E-state index in [-0.39, 0.29) is 24.4 Å². The summed E-state index contributed by atoms with van der Waals surface area (Å²) in [7, 11) is 0. The van der Waals surface area contributed by atoms with Crippen molar-refractivity contribution in [3.8, 4) is 0 Å². The molecule has 0 aliphatic carbocycles. The van der Waals surface area contributed by atoms with Crippen molar-refractivity contribution in [3.05, 3.63) is 29.8 Å². The molecule has 4 nitrogen and oxygen atoms in total. The van der Waals surface area contributed by atoms with Crippen LogP contribution in [-0.4, -0.2) is 48.4 Å². The number of ether oxygens (including phenoxy) is 1. The molecule has 2 rings (SSSR count). The highest BCUT2D eigenvalue weighted by atomic mass is 35.5. The second kappa shape index (κ2) is 11.0. The standard InChI is InChI=1S/C18H28N2O2S.ClH/c1-14(2)23-17-7-4-3-6-16(17)18(21)20-11-8-15(9-12-20)22-13-5-10-19;/h3-4,6-7,14-15H,5,8-13,19H2,1-2H3;1H. The molecule has 1 aliphatic heterocycles. The van der Waals surface area contributed by atoms with E-state index in [1.165, 1.54) is 0 Å². The predicted molar refractivity (Wildman–Crippen MR) is 103 cm³/mol. The van der Waals surface area contributed by atoms with Gasteiger partial charge in [-0.15, -0.1) is 24.2 Å². The molecule has 0 bridgehead atoms. The van der Waals surface area contributed by atoms with E-state index in [0.717, 1.165) is 49.4 Å². The number of amides is 1. The van der Waals surface area contributed by atoms with E-state index in [1.807, 2.05) is 29.2 Å². The van der Waals surface area contributed by atoms with Crippen LogP contribution in [0.5, 0.6) is 0 Å². The maximum Gasteiger partial charge on any atom is 0.254 e. The number of likely N-dealkylation sites (tertiary alicyclic amines) is 1. The molecule has 0 atom stereocenters. The van der Waals surface area contributed by atoms with E-state index in [2.05, 4.69) is 13.8 Å². The molecule has 1 fully saturated rings. The molecule has 0 saturated carbocycles. The Hall–Kier alpha value is -0.750. The average Bonchev–Trinajstić information content (AvgIpc) is 2.55. The first-order valence-electron chi connectivity index (χ1n) is 8.48. The Morgan fingerprint density at radius 1 is 1.33 bits per heavy atom. The Morgan fingerprint density at radius 3 is 2.62 bits per heavy atom. The highest BCUT2D eigenvalue weighted by molar-refractivity contribution is 8.00. The van der Waals surface area contributed by atoms with Gasteiger partial charge in [0.15, 0.2) is 0 Å². The number of benzene rings is 1. The van der Waals surface area contributed by atoms with E-state index in [9.17, 15) is 4.79 Å². The second-order valence-electron chi connectivity index (χ2n) is 6.17. The summed E-state index contributed by atoms with van der Waals surface area (Å²) in [6.07, 6.45) is 3.00. The molecule has 1 heterocycles. The molecule has 6 heteroatoms. The number of nitrogens with two attached hydrogens (primary N) is 1. The highest BCUT2D eigenvalue weighted by Gasteiger charge is 2.25. The number of thioether (sulfide) groups is 1. The molecular formula is C18H29ClN2O2S. The fourth-order valence-corrected chi connectivity index (χ4v) is 3.68. The topological polar surface area (TPSA) is 55.6 Å². The minimum absolute atomic E-state index is 0. The fraction of sp³-hybridized carbons (Fsp3) is 0.611. The Morgan fingerprint density at radius 2 is 2.00 bits per heavy atom. The maximum atomic E-state index is 12.8. The summed E-state index contributed by atoms with van der Waals surface area (Å²) < 4.78 is 5.81. The number of hydrogen-bond acceptors (Lipinski definition) is 4. The van der Waals surface area contributed by atoms with Crippen LogP contribution >= 0.6 is 24.2 Å².